The molecule has 1 heterocycles. The number of rotatable bonds is 5. The van der Waals surface area contributed by atoms with E-state index in [9.17, 15) is 4.79 Å². The molecule has 0 aliphatic rings. The fourth-order valence-corrected chi connectivity index (χ4v) is 1.88. The Hall–Kier alpha value is -2.36. The number of carbonyl (C=O) groups excluding carboxylic acids is 1. The molecule has 4 nitrogen and oxygen atoms in total. The average molecular weight is 270 g/mol. The number of aromatic nitrogens is 2. The molecule has 0 radical (unpaired) electrons. The van der Waals surface area contributed by atoms with Gasteiger partial charge in [-0.15, -0.1) is 0 Å². The number of carbonyl (C=O) groups is 1. The van der Waals surface area contributed by atoms with Gasteiger partial charge in [-0.1, -0.05) is 18.2 Å². The summed E-state index contributed by atoms with van der Waals surface area (Å²) in [5.41, 5.74) is 0.946. The summed E-state index contributed by atoms with van der Waals surface area (Å²) in [4.78, 5) is 16.3. The molecule has 2 rings (SSSR count). The number of hydrogen-bond acceptors (Lipinski definition) is 3. The van der Waals surface area contributed by atoms with Gasteiger partial charge in [0.15, 0.2) is 5.82 Å². The molecule has 0 N–H and O–H groups in total. The molecule has 2 aromatic rings. The standard InChI is InChI=1S/C16H18N2O2/c1-12(2)18-11-10-17-16(18)15(19)9-6-13-4-7-14(20-3)8-5-13/h4-12H,1-3H3/b9-6+. The van der Waals surface area contributed by atoms with Crippen LogP contribution in [0.3, 0.4) is 0 Å². The molecule has 20 heavy (non-hydrogen) atoms. The lowest BCUT2D eigenvalue weighted by Gasteiger charge is -2.08. The Bertz CT molecular complexity index is 610. The third-order valence-corrected chi connectivity index (χ3v) is 2.99. The number of imidazole rings is 1. The maximum Gasteiger partial charge on any atom is 0.221 e. The van der Waals surface area contributed by atoms with Gasteiger partial charge in [0.25, 0.3) is 0 Å². The summed E-state index contributed by atoms with van der Waals surface area (Å²) >= 11 is 0. The van der Waals surface area contributed by atoms with Gasteiger partial charge in [0, 0.05) is 18.4 Å². The molecule has 104 valence electrons. The largest absolute Gasteiger partial charge is 0.497 e. The van der Waals surface area contributed by atoms with Crippen molar-refractivity contribution < 1.29 is 9.53 Å². The maximum absolute atomic E-state index is 12.1. The van der Waals surface area contributed by atoms with Crippen LogP contribution in [-0.4, -0.2) is 22.4 Å². The van der Waals surface area contributed by atoms with E-state index >= 15 is 0 Å². The molecule has 0 saturated heterocycles. The van der Waals surface area contributed by atoms with Gasteiger partial charge in [0.05, 0.1) is 7.11 Å². The Morgan fingerprint density at radius 2 is 2.00 bits per heavy atom. The molecule has 4 heteroatoms. The minimum atomic E-state index is -0.0977. The SMILES string of the molecule is COc1ccc(/C=C/C(=O)c2nccn2C(C)C)cc1. The second-order valence-corrected chi connectivity index (χ2v) is 4.72. The van der Waals surface area contributed by atoms with Crippen molar-refractivity contribution in [2.45, 2.75) is 19.9 Å². The second kappa shape index (κ2) is 6.19. The number of benzene rings is 1. The van der Waals surface area contributed by atoms with E-state index in [4.69, 9.17) is 4.74 Å². The summed E-state index contributed by atoms with van der Waals surface area (Å²) in [5, 5.41) is 0. The number of allylic oxidation sites excluding steroid dienone is 1. The first-order valence-corrected chi connectivity index (χ1v) is 6.51. The van der Waals surface area contributed by atoms with Crippen molar-refractivity contribution in [3.8, 4) is 5.75 Å². The predicted molar refractivity (Wildman–Crippen MR) is 79.0 cm³/mol. The molecule has 1 aromatic heterocycles. The lowest BCUT2D eigenvalue weighted by atomic mass is 10.2. The molecular weight excluding hydrogens is 252 g/mol. The predicted octanol–water partition coefficient (Wildman–Crippen LogP) is 3.37. The van der Waals surface area contributed by atoms with Crippen molar-refractivity contribution in [1.82, 2.24) is 9.55 Å². The molecule has 0 spiro atoms. The molecule has 0 fully saturated rings. The van der Waals surface area contributed by atoms with Crippen LogP contribution in [0.1, 0.15) is 36.1 Å². The summed E-state index contributed by atoms with van der Waals surface area (Å²) in [6.45, 7) is 4.04. The van der Waals surface area contributed by atoms with Crippen molar-refractivity contribution in [2.24, 2.45) is 0 Å². The first kappa shape index (κ1) is 14.1. The Labute approximate surface area is 118 Å². The van der Waals surface area contributed by atoms with Crippen molar-refractivity contribution in [3.05, 3.63) is 54.1 Å². The maximum atomic E-state index is 12.1. The van der Waals surface area contributed by atoms with Crippen LogP contribution in [0.15, 0.2) is 42.7 Å². The van der Waals surface area contributed by atoms with Crippen LogP contribution in [0.2, 0.25) is 0 Å². The van der Waals surface area contributed by atoms with Gasteiger partial charge >= 0.3 is 0 Å². The zero-order valence-electron chi connectivity index (χ0n) is 11.9. The normalized spacial score (nSPS) is 11.2. The number of ketones is 1. The van der Waals surface area contributed by atoms with Crippen LogP contribution < -0.4 is 4.74 Å². The summed E-state index contributed by atoms with van der Waals surface area (Å²) in [7, 11) is 1.63. The van der Waals surface area contributed by atoms with Gasteiger partial charge in [0.2, 0.25) is 5.78 Å². The minimum absolute atomic E-state index is 0.0977. The van der Waals surface area contributed by atoms with E-state index in [1.54, 1.807) is 25.5 Å². The Kier molecular flexibility index (Phi) is 4.35. The highest BCUT2D eigenvalue weighted by molar-refractivity contribution is 6.04. The van der Waals surface area contributed by atoms with Crippen molar-refractivity contribution in [1.29, 1.82) is 0 Å². The van der Waals surface area contributed by atoms with Crippen LogP contribution >= 0.6 is 0 Å². The number of methoxy groups -OCH3 is 1. The van der Waals surface area contributed by atoms with E-state index in [2.05, 4.69) is 4.98 Å². The topological polar surface area (TPSA) is 44.1 Å². The van der Waals surface area contributed by atoms with E-state index in [1.807, 2.05) is 48.9 Å². The number of hydrogen-bond donors (Lipinski definition) is 0. The van der Waals surface area contributed by atoms with Crippen molar-refractivity contribution in [2.75, 3.05) is 7.11 Å². The molecule has 0 saturated carbocycles. The van der Waals surface area contributed by atoms with E-state index < -0.39 is 0 Å². The fraction of sp³-hybridized carbons (Fsp3) is 0.250. The lowest BCUT2D eigenvalue weighted by molar-refractivity contribution is 0.103. The Balaban J connectivity index is 2.13. The van der Waals surface area contributed by atoms with Crippen LogP contribution in [0.4, 0.5) is 0 Å². The molecular formula is C16H18N2O2. The fourth-order valence-electron chi connectivity index (χ4n) is 1.88. The summed E-state index contributed by atoms with van der Waals surface area (Å²) in [6, 6.07) is 7.74. The van der Waals surface area contributed by atoms with Gasteiger partial charge in [-0.05, 0) is 37.6 Å². The third-order valence-electron chi connectivity index (χ3n) is 2.99. The first-order valence-electron chi connectivity index (χ1n) is 6.51. The summed E-state index contributed by atoms with van der Waals surface area (Å²) in [6.07, 6.45) is 6.79. The van der Waals surface area contributed by atoms with Gasteiger partial charge in [-0.3, -0.25) is 4.79 Å². The van der Waals surface area contributed by atoms with E-state index in [0.717, 1.165) is 11.3 Å². The van der Waals surface area contributed by atoms with Gasteiger partial charge in [0.1, 0.15) is 5.75 Å². The summed E-state index contributed by atoms with van der Waals surface area (Å²) in [5.74, 6) is 1.16. The van der Waals surface area contributed by atoms with E-state index in [-0.39, 0.29) is 11.8 Å². The van der Waals surface area contributed by atoms with Crippen LogP contribution in [-0.2, 0) is 0 Å². The van der Waals surface area contributed by atoms with Crippen molar-refractivity contribution >= 4 is 11.9 Å². The second-order valence-electron chi connectivity index (χ2n) is 4.72. The molecule has 0 aliphatic carbocycles. The highest BCUT2D eigenvalue weighted by Gasteiger charge is 2.11. The van der Waals surface area contributed by atoms with Crippen LogP contribution in [0.25, 0.3) is 6.08 Å². The minimum Gasteiger partial charge on any atom is -0.497 e. The summed E-state index contributed by atoms with van der Waals surface area (Å²) < 4.78 is 6.95. The molecule has 0 bridgehead atoms. The monoisotopic (exact) mass is 270 g/mol. The van der Waals surface area contributed by atoms with E-state index in [1.165, 1.54) is 0 Å². The van der Waals surface area contributed by atoms with Crippen molar-refractivity contribution in [3.63, 3.8) is 0 Å². The lowest BCUT2D eigenvalue weighted by Crippen LogP contribution is -2.09. The van der Waals surface area contributed by atoms with Gasteiger partial charge in [-0.2, -0.15) is 0 Å². The number of ether oxygens (including phenoxy) is 1. The molecule has 1 aromatic carbocycles. The van der Waals surface area contributed by atoms with E-state index in [0.29, 0.717) is 5.82 Å². The van der Waals surface area contributed by atoms with Gasteiger partial charge < -0.3 is 9.30 Å². The number of nitrogens with zero attached hydrogens (tertiary/aromatic N) is 2. The third kappa shape index (κ3) is 3.15. The first-order chi connectivity index (χ1) is 9.61. The highest BCUT2D eigenvalue weighted by atomic mass is 16.5. The zero-order chi connectivity index (χ0) is 14.5. The quantitative estimate of drug-likeness (QED) is 0.618. The van der Waals surface area contributed by atoms with Crippen LogP contribution in [0.5, 0.6) is 5.75 Å². The smallest absolute Gasteiger partial charge is 0.221 e. The zero-order valence-corrected chi connectivity index (χ0v) is 11.9. The molecule has 0 atom stereocenters. The molecule has 0 aliphatic heterocycles. The Morgan fingerprint density at radius 1 is 1.30 bits per heavy atom. The highest BCUT2D eigenvalue weighted by Crippen LogP contribution is 2.13. The van der Waals surface area contributed by atoms with Gasteiger partial charge in [-0.25, -0.2) is 4.98 Å². The Morgan fingerprint density at radius 3 is 2.60 bits per heavy atom. The van der Waals surface area contributed by atoms with Crippen LogP contribution in [0, 0.1) is 0 Å². The molecule has 0 amide bonds. The molecule has 0 unspecified atom stereocenters. The average Bonchev–Trinajstić information content (AvgIpc) is 2.95.